The molecule has 2 aliphatic rings. The van der Waals surface area contributed by atoms with Crippen molar-refractivity contribution in [2.24, 2.45) is 13.0 Å². The van der Waals surface area contributed by atoms with E-state index >= 15 is 0 Å². The first kappa shape index (κ1) is 19.9. The second-order valence-corrected chi connectivity index (χ2v) is 8.96. The minimum absolute atomic E-state index is 0.280. The SMILES string of the molecule is CC1Oc2cc(cnc2N)-c2c(nnn2CC2CC2)Cc2cn(C)nc2-c2ccc(F)cc21. The third-order valence-electron chi connectivity index (χ3n) is 6.36. The average molecular weight is 446 g/mol. The molecule has 8 nitrogen and oxygen atoms in total. The highest BCUT2D eigenvalue weighted by molar-refractivity contribution is 5.71. The smallest absolute Gasteiger partial charge is 0.166 e. The van der Waals surface area contributed by atoms with Gasteiger partial charge in [-0.3, -0.25) is 4.68 Å². The van der Waals surface area contributed by atoms with Gasteiger partial charge in [-0.1, -0.05) is 5.21 Å². The van der Waals surface area contributed by atoms with Crippen LogP contribution in [0.1, 0.15) is 42.7 Å². The van der Waals surface area contributed by atoms with E-state index in [4.69, 9.17) is 15.6 Å². The summed E-state index contributed by atoms with van der Waals surface area (Å²) in [5.41, 5.74) is 12.0. The molecule has 9 heteroatoms. The quantitative estimate of drug-likeness (QED) is 0.502. The lowest BCUT2D eigenvalue weighted by molar-refractivity contribution is 0.227. The lowest BCUT2D eigenvalue weighted by Gasteiger charge is -2.20. The normalized spacial score (nSPS) is 17.2. The summed E-state index contributed by atoms with van der Waals surface area (Å²) in [6.07, 6.45) is 6.20. The van der Waals surface area contributed by atoms with Gasteiger partial charge in [0.1, 0.15) is 11.9 Å². The zero-order valence-corrected chi connectivity index (χ0v) is 18.5. The summed E-state index contributed by atoms with van der Waals surface area (Å²) in [5.74, 6) is 1.02. The number of fused-ring (bicyclic) bond motifs is 7. The van der Waals surface area contributed by atoms with Gasteiger partial charge in [0.05, 0.1) is 17.1 Å². The number of aromatic nitrogens is 6. The Morgan fingerprint density at radius 3 is 2.91 bits per heavy atom. The van der Waals surface area contributed by atoms with Gasteiger partial charge in [0.25, 0.3) is 0 Å². The maximum atomic E-state index is 14.3. The molecule has 4 heterocycles. The van der Waals surface area contributed by atoms with Gasteiger partial charge >= 0.3 is 0 Å². The Labute approximate surface area is 190 Å². The van der Waals surface area contributed by atoms with Crippen LogP contribution in [0.2, 0.25) is 0 Å². The number of nitrogen functional groups attached to an aromatic ring is 1. The van der Waals surface area contributed by atoms with Crippen molar-refractivity contribution in [3.8, 4) is 28.3 Å². The van der Waals surface area contributed by atoms with E-state index in [1.165, 1.54) is 25.0 Å². The van der Waals surface area contributed by atoms with E-state index in [2.05, 4.69) is 15.3 Å². The molecule has 3 aromatic heterocycles. The molecule has 1 aliphatic heterocycles. The first-order valence-electron chi connectivity index (χ1n) is 11.1. The van der Waals surface area contributed by atoms with Crippen LogP contribution in [0.15, 0.2) is 36.7 Å². The topological polar surface area (TPSA) is 96.7 Å². The van der Waals surface area contributed by atoms with Crippen molar-refractivity contribution in [1.29, 1.82) is 0 Å². The van der Waals surface area contributed by atoms with Gasteiger partial charge in [0.2, 0.25) is 0 Å². The van der Waals surface area contributed by atoms with E-state index in [9.17, 15) is 4.39 Å². The first-order chi connectivity index (χ1) is 16.0. The molecule has 1 unspecified atom stereocenters. The Bertz CT molecular complexity index is 1370. The monoisotopic (exact) mass is 445 g/mol. The summed E-state index contributed by atoms with van der Waals surface area (Å²) in [4.78, 5) is 4.39. The van der Waals surface area contributed by atoms with Gasteiger partial charge in [-0.05, 0) is 49.9 Å². The highest BCUT2D eigenvalue weighted by atomic mass is 19.1. The van der Waals surface area contributed by atoms with Crippen LogP contribution in [0.3, 0.4) is 0 Å². The molecule has 0 amide bonds. The number of pyridine rings is 1. The number of ether oxygens (including phenoxy) is 1. The highest BCUT2D eigenvalue weighted by Crippen LogP contribution is 2.39. The van der Waals surface area contributed by atoms with E-state index in [-0.39, 0.29) is 11.6 Å². The van der Waals surface area contributed by atoms with Crippen molar-refractivity contribution >= 4 is 5.82 Å². The predicted octanol–water partition coefficient (Wildman–Crippen LogP) is 3.92. The number of rotatable bonds is 2. The number of anilines is 1. The van der Waals surface area contributed by atoms with Crippen LogP contribution in [0.4, 0.5) is 10.2 Å². The molecule has 6 rings (SSSR count). The molecule has 33 heavy (non-hydrogen) atoms. The number of hydrogen-bond donors (Lipinski definition) is 1. The Hall–Kier alpha value is -3.75. The molecular formula is C24H24FN7O. The van der Waals surface area contributed by atoms with E-state index < -0.39 is 6.10 Å². The maximum Gasteiger partial charge on any atom is 0.166 e. The lowest BCUT2D eigenvalue weighted by atomic mass is 9.95. The van der Waals surface area contributed by atoms with Gasteiger partial charge < -0.3 is 10.5 Å². The molecule has 2 N–H and O–H groups in total. The molecule has 1 aliphatic carbocycles. The molecule has 1 atom stereocenters. The fourth-order valence-corrected chi connectivity index (χ4v) is 4.55. The van der Waals surface area contributed by atoms with Crippen molar-refractivity contribution in [1.82, 2.24) is 29.8 Å². The lowest BCUT2D eigenvalue weighted by Crippen LogP contribution is -2.10. The zero-order chi connectivity index (χ0) is 22.7. The zero-order valence-electron chi connectivity index (χ0n) is 18.5. The van der Waals surface area contributed by atoms with Crippen LogP contribution in [0, 0.1) is 11.7 Å². The van der Waals surface area contributed by atoms with E-state index in [0.717, 1.165) is 40.3 Å². The minimum atomic E-state index is -0.474. The largest absolute Gasteiger partial charge is 0.482 e. The van der Waals surface area contributed by atoms with Gasteiger partial charge in [0.15, 0.2) is 11.6 Å². The standard InChI is InChI=1S/C24H24FN7O/c1-13-19-9-17(25)5-6-18(19)22-16(12-31(2)29-22)7-20-23(32(30-28-20)11-14-3-4-14)15-8-21(33-13)24(26)27-10-15/h5-6,8-10,12-14H,3-4,7,11H2,1-2H3,(H2,26,27). The van der Waals surface area contributed by atoms with Crippen LogP contribution >= 0.6 is 0 Å². The van der Waals surface area contributed by atoms with Crippen molar-refractivity contribution in [3.63, 3.8) is 0 Å². The maximum absolute atomic E-state index is 14.3. The second kappa shape index (κ2) is 7.40. The van der Waals surface area contributed by atoms with Crippen LogP contribution < -0.4 is 10.5 Å². The predicted molar refractivity (Wildman–Crippen MR) is 121 cm³/mol. The molecular weight excluding hydrogens is 421 g/mol. The second-order valence-electron chi connectivity index (χ2n) is 8.96. The van der Waals surface area contributed by atoms with Gasteiger partial charge in [-0.2, -0.15) is 5.10 Å². The molecule has 1 saturated carbocycles. The molecule has 1 aromatic carbocycles. The minimum Gasteiger partial charge on any atom is -0.482 e. The first-order valence-corrected chi connectivity index (χ1v) is 11.1. The Morgan fingerprint density at radius 1 is 1.24 bits per heavy atom. The summed E-state index contributed by atoms with van der Waals surface area (Å²) < 4.78 is 24.3. The van der Waals surface area contributed by atoms with Crippen molar-refractivity contribution < 1.29 is 9.13 Å². The van der Waals surface area contributed by atoms with Gasteiger partial charge in [0, 0.05) is 54.7 Å². The fraction of sp³-hybridized carbons (Fsp3) is 0.333. The Morgan fingerprint density at radius 2 is 2.09 bits per heavy atom. The number of aryl methyl sites for hydroxylation is 1. The number of nitrogens with two attached hydrogens (primary N) is 1. The van der Waals surface area contributed by atoms with Crippen LogP contribution in [0.25, 0.3) is 22.5 Å². The third-order valence-corrected chi connectivity index (χ3v) is 6.36. The van der Waals surface area contributed by atoms with Crippen LogP contribution in [-0.2, 0) is 20.0 Å². The summed E-state index contributed by atoms with van der Waals surface area (Å²) in [6, 6.07) is 6.58. The Balaban J connectivity index is 1.60. The third kappa shape index (κ3) is 3.53. The molecule has 0 spiro atoms. The molecule has 1 fully saturated rings. The number of halogens is 1. The molecule has 0 radical (unpaired) electrons. The van der Waals surface area contributed by atoms with Gasteiger partial charge in [-0.15, -0.1) is 5.10 Å². The summed E-state index contributed by atoms with van der Waals surface area (Å²) in [6.45, 7) is 2.70. The summed E-state index contributed by atoms with van der Waals surface area (Å²) >= 11 is 0. The summed E-state index contributed by atoms with van der Waals surface area (Å²) in [7, 11) is 1.88. The van der Waals surface area contributed by atoms with Crippen molar-refractivity contribution in [2.45, 2.75) is 38.8 Å². The number of benzene rings is 1. The molecule has 4 aromatic rings. The fourth-order valence-electron chi connectivity index (χ4n) is 4.55. The number of nitrogens with zero attached hydrogens (tertiary/aromatic N) is 6. The summed E-state index contributed by atoms with van der Waals surface area (Å²) in [5, 5.41) is 13.8. The van der Waals surface area contributed by atoms with Gasteiger partial charge in [-0.25, -0.2) is 14.1 Å². The van der Waals surface area contributed by atoms with Crippen LogP contribution in [-0.4, -0.2) is 29.8 Å². The van der Waals surface area contributed by atoms with Crippen LogP contribution in [0.5, 0.6) is 5.75 Å². The average Bonchev–Trinajstić information content (AvgIpc) is 3.41. The molecule has 168 valence electrons. The molecule has 0 saturated heterocycles. The van der Waals surface area contributed by atoms with E-state index in [1.54, 1.807) is 16.9 Å². The molecule has 2 bridgehead atoms. The van der Waals surface area contributed by atoms with E-state index in [1.807, 2.05) is 30.9 Å². The van der Waals surface area contributed by atoms with Crippen molar-refractivity contribution in [2.75, 3.05) is 5.73 Å². The number of hydrogen-bond acceptors (Lipinski definition) is 6. The Kier molecular flexibility index (Phi) is 4.46. The highest BCUT2D eigenvalue weighted by Gasteiger charge is 2.28. The van der Waals surface area contributed by atoms with Crippen molar-refractivity contribution in [3.05, 3.63) is 59.3 Å². The van der Waals surface area contributed by atoms with E-state index in [0.29, 0.717) is 23.7 Å².